The molecular formula is C22H20FN5O2. The fourth-order valence-electron chi connectivity index (χ4n) is 3.01. The number of carbonyl (C=O) groups excluding carboxylic acids is 1. The first kappa shape index (κ1) is 19.5. The van der Waals surface area contributed by atoms with Gasteiger partial charge in [0, 0.05) is 12.2 Å². The number of aliphatic hydroxyl groups is 1. The van der Waals surface area contributed by atoms with Gasteiger partial charge in [0.2, 0.25) is 0 Å². The third-order valence-electron chi connectivity index (χ3n) is 4.68. The van der Waals surface area contributed by atoms with E-state index in [4.69, 9.17) is 5.11 Å². The first-order chi connectivity index (χ1) is 14.5. The van der Waals surface area contributed by atoms with Crippen molar-refractivity contribution in [3.8, 4) is 0 Å². The first-order valence-electron chi connectivity index (χ1n) is 9.38. The van der Waals surface area contributed by atoms with E-state index in [1.54, 1.807) is 36.4 Å². The second kappa shape index (κ2) is 8.30. The van der Waals surface area contributed by atoms with Gasteiger partial charge in [-0.05, 0) is 53.9 Å². The molecule has 2 aromatic carbocycles. The Kier molecular flexibility index (Phi) is 5.40. The SMILES string of the molecule is Cc1cc2ncc(C(=O)Nc3ccc(CO)cc3)n2nc1NCc1ccc(F)cc1. The topological polar surface area (TPSA) is 91.5 Å². The number of amides is 1. The van der Waals surface area contributed by atoms with Gasteiger partial charge in [-0.3, -0.25) is 4.79 Å². The Morgan fingerprint density at radius 2 is 1.80 bits per heavy atom. The third-order valence-corrected chi connectivity index (χ3v) is 4.68. The lowest BCUT2D eigenvalue weighted by molar-refractivity contribution is 0.102. The van der Waals surface area contributed by atoms with Crippen LogP contribution in [0.2, 0.25) is 0 Å². The molecule has 8 heteroatoms. The molecule has 152 valence electrons. The van der Waals surface area contributed by atoms with Crippen LogP contribution in [0.25, 0.3) is 5.65 Å². The van der Waals surface area contributed by atoms with Crippen LogP contribution in [0.15, 0.2) is 60.8 Å². The summed E-state index contributed by atoms with van der Waals surface area (Å²) in [7, 11) is 0. The normalized spacial score (nSPS) is 10.9. The summed E-state index contributed by atoms with van der Waals surface area (Å²) in [5, 5.41) is 19.7. The van der Waals surface area contributed by atoms with Gasteiger partial charge in [-0.15, -0.1) is 5.10 Å². The van der Waals surface area contributed by atoms with Crippen molar-refractivity contribution in [1.29, 1.82) is 0 Å². The number of aliphatic hydroxyl groups excluding tert-OH is 1. The second-order valence-electron chi connectivity index (χ2n) is 6.88. The van der Waals surface area contributed by atoms with E-state index in [9.17, 15) is 9.18 Å². The number of carbonyl (C=O) groups is 1. The molecule has 0 saturated heterocycles. The Bertz CT molecular complexity index is 1190. The number of hydrogen-bond acceptors (Lipinski definition) is 5. The molecule has 30 heavy (non-hydrogen) atoms. The zero-order valence-electron chi connectivity index (χ0n) is 16.3. The quantitative estimate of drug-likeness (QED) is 0.456. The molecular weight excluding hydrogens is 385 g/mol. The molecule has 0 bridgehead atoms. The van der Waals surface area contributed by atoms with E-state index < -0.39 is 0 Å². The number of fused-ring (bicyclic) bond motifs is 1. The molecule has 1 amide bonds. The van der Waals surface area contributed by atoms with Gasteiger partial charge in [0.25, 0.3) is 5.91 Å². The molecule has 4 aromatic rings. The van der Waals surface area contributed by atoms with Crippen LogP contribution >= 0.6 is 0 Å². The van der Waals surface area contributed by atoms with E-state index in [2.05, 4.69) is 20.7 Å². The lowest BCUT2D eigenvalue weighted by atomic mass is 10.2. The van der Waals surface area contributed by atoms with E-state index >= 15 is 0 Å². The lowest BCUT2D eigenvalue weighted by Crippen LogP contribution is -2.16. The Balaban J connectivity index is 1.55. The smallest absolute Gasteiger partial charge is 0.276 e. The van der Waals surface area contributed by atoms with Crippen molar-refractivity contribution in [1.82, 2.24) is 14.6 Å². The summed E-state index contributed by atoms with van der Waals surface area (Å²) in [4.78, 5) is 17.0. The van der Waals surface area contributed by atoms with Crippen molar-refractivity contribution in [3.63, 3.8) is 0 Å². The highest BCUT2D eigenvalue weighted by atomic mass is 19.1. The van der Waals surface area contributed by atoms with E-state index in [0.717, 1.165) is 16.7 Å². The number of imidazole rings is 1. The molecule has 0 aliphatic rings. The molecule has 0 aliphatic heterocycles. The molecule has 0 unspecified atom stereocenters. The van der Waals surface area contributed by atoms with Gasteiger partial charge in [0.1, 0.15) is 11.6 Å². The maximum absolute atomic E-state index is 13.1. The van der Waals surface area contributed by atoms with Gasteiger partial charge < -0.3 is 15.7 Å². The maximum atomic E-state index is 13.1. The highest BCUT2D eigenvalue weighted by Gasteiger charge is 2.15. The average molecular weight is 405 g/mol. The number of anilines is 2. The Morgan fingerprint density at radius 3 is 2.50 bits per heavy atom. The maximum Gasteiger partial charge on any atom is 0.276 e. The van der Waals surface area contributed by atoms with Crippen molar-refractivity contribution in [2.75, 3.05) is 10.6 Å². The van der Waals surface area contributed by atoms with Gasteiger partial charge in [0.15, 0.2) is 11.3 Å². The first-order valence-corrected chi connectivity index (χ1v) is 9.38. The molecule has 0 atom stereocenters. The summed E-state index contributed by atoms with van der Waals surface area (Å²) < 4.78 is 14.6. The molecule has 4 rings (SSSR count). The Hall–Kier alpha value is -3.78. The monoisotopic (exact) mass is 405 g/mol. The van der Waals surface area contributed by atoms with Gasteiger partial charge in [0.05, 0.1) is 12.8 Å². The van der Waals surface area contributed by atoms with Crippen LogP contribution in [0.5, 0.6) is 0 Å². The molecule has 0 saturated carbocycles. The van der Waals surface area contributed by atoms with Crippen LogP contribution in [-0.4, -0.2) is 25.6 Å². The van der Waals surface area contributed by atoms with E-state index in [1.807, 2.05) is 13.0 Å². The Labute approximate surface area is 172 Å². The number of rotatable bonds is 6. The van der Waals surface area contributed by atoms with Gasteiger partial charge >= 0.3 is 0 Å². The van der Waals surface area contributed by atoms with Crippen LogP contribution in [0.4, 0.5) is 15.9 Å². The summed E-state index contributed by atoms with van der Waals surface area (Å²) in [5.41, 5.74) is 4.00. The van der Waals surface area contributed by atoms with Crippen molar-refractivity contribution in [2.24, 2.45) is 0 Å². The summed E-state index contributed by atoms with van der Waals surface area (Å²) in [6, 6.07) is 15.0. The summed E-state index contributed by atoms with van der Waals surface area (Å²) in [5.74, 6) is -0.0270. The van der Waals surface area contributed by atoms with Crippen LogP contribution < -0.4 is 10.6 Å². The van der Waals surface area contributed by atoms with E-state index in [-0.39, 0.29) is 18.3 Å². The predicted molar refractivity (Wildman–Crippen MR) is 112 cm³/mol. The lowest BCUT2D eigenvalue weighted by Gasteiger charge is -2.10. The number of aromatic nitrogens is 3. The van der Waals surface area contributed by atoms with Crippen LogP contribution in [0.3, 0.4) is 0 Å². The number of nitrogens with one attached hydrogen (secondary N) is 2. The molecule has 3 N–H and O–H groups in total. The summed E-state index contributed by atoms with van der Waals surface area (Å²) >= 11 is 0. The standard InChI is InChI=1S/C22H20FN5O2/c1-14-10-20-24-12-19(22(30)26-18-8-4-16(13-29)5-9-18)28(20)27-21(14)25-11-15-2-6-17(23)7-3-15/h2-10,12,29H,11,13H2,1H3,(H,25,27)(H,26,30). The van der Waals surface area contributed by atoms with Crippen LogP contribution in [0, 0.1) is 12.7 Å². The molecule has 0 aliphatic carbocycles. The fraction of sp³-hybridized carbons (Fsp3) is 0.136. The Morgan fingerprint density at radius 1 is 1.10 bits per heavy atom. The minimum Gasteiger partial charge on any atom is -0.392 e. The van der Waals surface area contributed by atoms with E-state index in [0.29, 0.717) is 29.4 Å². The molecule has 0 radical (unpaired) electrons. The molecule has 7 nitrogen and oxygen atoms in total. The minimum atomic E-state index is -0.347. The fourth-order valence-corrected chi connectivity index (χ4v) is 3.01. The molecule has 2 aromatic heterocycles. The number of nitrogens with zero attached hydrogens (tertiary/aromatic N) is 3. The average Bonchev–Trinajstić information content (AvgIpc) is 3.16. The minimum absolute atomic E-state index is 0.0571. The van der Waals surface area contributed by atoms with Crippen molar-refractivity contribution in [2.45, 2.75) is 20.1 Å². The largest absolute Gasteiger partial charge is 0.392 e. The van der Waals surface area contributed by atoms with Crippen molar-refractivity contribution < 1.29 is 14.3 Å². The second-order valence-corrected chi connectivity index (χ2v) is 6.88. The number of hydrogen-bond donors (Lipinski definition) is 3. The summed E-state index contributed by atoms with van der Waals surface area (Å²) in [6.45, 7) is 2.31. The third kappa shape index (κ3) is 4.13. The number of benzene rings is 2. The predicted octanol–water partition coefficient (Wildman–Crippen LogP) is 3.53. The van der Waals surface area contributed by atoms with E-state index in [1.165, 1.54) is 22.8 Å². The van der Waals surface area contributed by atoms with Crippen LogP contribution in [-0.2, 0) is 13.2 Å². The van der Waals surface area contributed by atoms with Gasteiger partial charge in [-0.1, -0.05) is 24.3 Å². The van der Waals surface area contributed by atoms with Crippen molar-refractivity contribution in [3.05, 3.63) is 89.0 Å². The van der Waals surface area contributed by atoms with Gasteiger partial charge in [-0.2, -0.15) is 0 Å². The molecule has 0 spiro atoms. The van der Waals surface area contributed by atoms with Crippen molar-refractivity contribution >= 4 is 23.1 Å². The van der Waals surface area contributed by atoms with Crippen LogP contribution in [0.1, 0.15) is 27.2 Å². The number of halogens is 1. The highest BCUT2D eigenvalue weighted by Crippen LogP contribution is 2.17. The highest BCUT2D eigenvalue weighted by molar-refractivity contribution is 6.03. The molecule has 2 heterocycles. The molecule has 0 fully saturated rings. The zero-order valence-corrected chi connectivity index (χ0v) is 16.3. The zero-order chi connectivity index (χ0) is 21.1. The number of aryl methyl sites for hydroxylation is 1. The van der Waals surface area contributed by atoms with Gasteiger partial charge in [-0.25, -0.2) is 13.9 Å². The summed E-state index contributed by atoms with van der Waals surface area (Å²) in [6.07, 6.45) is 1.48.